The van der Waals surface area contributed by atoms with Gasteiger partial charge in [-0.3, -0.25) is 0 Å². The average molecular weight is 451 g/mol. The van der Waals surface area contributed by atoms with Crippen molar-refractivity contribution in [1.82, 2.24) is 24.8 Å². The molecule has 1 N–H and O–H groups in total. The Kier molecular flexibility index (Phi) is 5.77. The molecule has 8 heteroatoms. The second-order valence-corrected chi connectivity index (χ2v) is 16.1. The maximum absolute atomic E-state index is 6.10. The monoisotopic (exact) mass is 450 g/mol. The van der Waals surface area contributed by atoms with Crippen molar-refractivity contribution in [1.29, 1.82) is 0 Å². The lowest BCUT2D eigenvalue weighted by Gasteiger charge is -2.26. The van der Waals surface area contributed by atoms with Gasteiger partial charge in [0.05, 0.1) is 5.39 Å². The molecule has 7 nitrogen and oxygen atoms in total. The zero-order valence-corrected chi connectivity index (χ0v) is 20.5. The predicted octanol–water partition coefficient (Wildman–Crippen LogP) is 4.14. The molecule has 1 atom stereocenters. The molecule has 2 aliphatic rings. The van der Waals surface area contributed by atoms with E-state index < -0.39 is 8.07 Å². The van der Waals surface area contributed by atoms with Crippen LogP contribution in [0.3, 0.4) is 0 Å². The minimum atomic E-state index is -1.12. The number of hydrogen-bond acceptors (Lipinski definition) is 6. The molecule has 3 aromatic rings. The maximum atomic E-state index is 6.10. The highest BCUT2D eigenvalue weighted by Crippen LogP contribution is 2.40. The first-order valence-corrected chi connectivity index (χ1v) is 15.5. The van der Waals surface area contributed by atoms with E-state index in [2.05, 4.69) is 56.7 Å². The lowest BCUT2D eigenvalue weighted by atomic mass is 9.97. The highest BCUT2D eigenvalue weighted by atomic mass is 28.3. The van der Waals surface area contributed by atoms with Gasteiger partial charge in [0.15, 0.2) is 0 Å². The van der Waals surface area contributed by atoms with Gasteiger partial charge < -0.3 is 19.5 Å². The molecule has 0 unspecified atom stereocenters. The lowest BCUT2D eigenvalue weighted by molar-refractivity contribution is 0.0899. The van der Waals surface area contributed by atoms with Gasteiger partial charge in [0, 0.05) is 74.9 Å². The number of ether oxygens (including phenoxy) is 1. The van der Waals surface area contributed by atoms with Gasteiger partial charge in [0.25, 0.3) is 0 Å². The summed E-state index contributed by atoms with van der Waals surface area (Å²) in [6.45, 7) is 11.7. The van der Waals surface area contributed by atoms with E-state index in [0.29, 0.717) is 6.73 Å². The molecule has 0 aliphatic carbocycles. The average Bonchev–Trinajstić information content (AvgIpc) is 3.51. The molecule has 0 amide bonds. The van der Waals surface area contributed by atoms with Crippen LogP contribution in [0.1, 0.15) is 19.3 Å². The largest absolute Gasteiger partial charge is 0.369 e. The maximum Gasteiger partial charge on any atom is 0.144 e. The first-order valence-electron chi connectivity index (χ1n) is 11.8. The van der Waals surface area contributed by atoms with Gasteiger partial charge in [-0.05, 0) is 37.9 Å². The van der Waals surface area contributed by atoms with Crippen LogP contribution in [-0.2, 0) is 11.5 Å². The molecule has 5 rings (SSSR count). The van der Waals surface area contributed by atoms with Gasteiger partial charge >= 0.3 is 0 Å². The molecule has 32 heavy (non-hydrogen) atoms. The van der Waals surface area contributed by atoms with Crippen LogP contribution in [0.4, 0.5) is 5.69 Å². The first kappa shape index (κ1) is 21.5. The summed E-state index contributed by atoms with van der Waals surface area (Å²) in [5.74, 6) is 0. The SMILES string of the molecule is C[Si](C)(C)CCOCn1cc(-c2cncnc2)c2c(N3CC[C@]4(CCCN4)C3)ccnc21. The van der Waals surface area contributed by atoms with Gasteiger partial charge in [0.1, 0.15) is 18.7 Å². The summed E-state index contributed by atoms with van der Waals surface area (Å²) < 4.78 is 8.24. The third-order valence-electron chi connectivity index (χ3n) is 6.86. The number of nitrogens with zero attached hydrogens (tertiary/aromatic N) is 5. The minimum absolute atomic E-state index is 0.272. The number of rotatable bonds is 7. The van der Waals surface area contributed by atoms with Crippen molar-refractivity contribution in [2.24, 2.45) is 0 Å². The first-order chi connectivity index (χ1) is 15.4. The number of hydrogen-bond donors (Lipinski definition) is 1. The van der Waals surface area contributed by atoms with Crippen molar-refractivity contribution < 1.29 is 4.74 Å². The van der Waals surface area contributed by atoms with E-state index in [0.717, 1.165) is 49.1 Å². The Morgan fingerprint density at radius 3 is 2.78 bits per heavy atom. The normalized spacial score (nSPS) is 21.3. The van der Waals surface area contributed by atoms with Crippen LogP contribution in [0.15, 0.2) is 37.2 Å². The van der Waals surface area contributed by atoms with Crippen LogP contribution in [-0.4, -0.2) is 59.4 Å². The molecule has 1 spiro atoms. The Morgan fingerprint density at radius 1 is 1.19 bits per heavy atom. The molecule has 2 aliphatic heterocycles. The van der Waals surface area contributed by atoms with Crippen molar-refractivity contribution in [3.8, 4) is 11.1 Å². The second-order valence-electron chi connectivity index (χ2n) is 10.5. The summed E-state index contributed by atoms with van der Waals surface area (Å²) in [5, 5.41) is 4.95. The Bertz CT molecular complexity index is 1070. The second kappa shape index (κ2) is 8.57. The third kappa shape index (κ3) is 4.31. The van der Waals surface area contributed by atoms with E-state index in [1.54, 1.807) is 6.33 Å². The van der Waals surface area contributed by atoms with Crippen LogP contribution in [0.2, 0.25) is 25.7 Å². The molecule has 2 fully saturated rings. The van der Waals surface area contributed by atoms with Crippen LogP contribution in [0.25, 0.3) is 22.2 Å². The van der Waals surface area contributed by atoms with E-state index in [1.807, 2.05) is 18.6 Å². The summed E-state index contributed by atoms with van der Waals surface area (Å²) in [6.07, 6.45) is 13.2. The lowest BCUT2D eigenvalue weighted by Crippen LogP contribution is -2.42. The predicted molar refractivity (Wildman–Crippen MR) is 132 cm³/mol. The van der Waals surface area contributed by atoms with Gasteiger partial charge in [-0.1, -0.05) is 19.6 Å². The number of aromatic nitrogens is 4. The van der Waals surface area contributed by atoms with Crippen LogP contribution < -0.4 is 10.2 Å². The number of fused-ring (bicyclic) bond motifs is 1. The Morgan fingerprint density at radius 2 is 2.03 bits per heavy atom. The van der Waals surface area contributed by atoms with Crippen molar-refractivity contribution in [3.63, 3.8) is 0 Å². The van der Waals surface area contributed by atoms with Gasteiger partial charge in [-0.15, -0.1) is 0 Å². The van der Waals surface area contributed by atoms with Crippen molar-refractivity contribution in [2.75, 3.05) is 31.1 Å². The van der Waals surface area contributed by atoms with E-state index >= 15 is 0 Å². The Labute approximate surface area is 191 Å². The molecule has 0 saturated carbocycles. The molecular formula is C24H34N6OSi. The molecule has 0 radical (unpaired) electrons. The highest BCUT2D eigenvalue weighted by Gasteiger charge is 2.40. The third-order valence-corrected chi connectivity index (χ3v) is 8.56. The van der Waals surface area contributed by atoms with Crippen LogP contribution in [0.5, 0.6) is 0 Å². The van der Waals surface area contributed by atoms with Crippen LogP contribution >= 0.6 is 0 Å². The number of pyridine rings is 1. The topological polar surface area (TPSA) is 68.1 Å². The van der Waals surface area contributed by atoms with E-state index in [-0.39, 0.29) is 5.54 Å². The van der Waals surface area contributed by atoms with Gasteiger partial charge in [-0.2, -0.15) is 0 Å². The molecule has 3 aromatic heterocycles. The summed E-state index contributed by atoms with van der Waals surface area (Å²) in [5.41, 5.74) is 4.63. The van der Waals surface area contributed by atoms with E-state index in [9.17, 15) is 0 Å². The standard InChI is InChI=1S/C24H34N6OSi/c1-32(2,3)12-11-31-18-30-15-20(19-13-25-17-26-14-19)22-21(5-9-27-23(22)30)29-10-7-24(16-29)6-4-8-28-24/h5,9,13-15,17,28H,4,6-8,10-12,16,18H2,1-3H3/t24-/m1/s1. The summed E-state index contributed by atoms with van der Waals surface area (Å²) in [4.78, 5) is 15.9. The quantitative estimate of drug-likeness (QED) is 0.431. The fourth-order valence-electron chi connectivity index (χ4n) is 5.05. The Hall–Kier alpha value is -2.29. The number of anilines is 1. The van der Waals surface area contributed by atoms with Gasteiger partial charge in [-0.25, -0.2) is 15.0 Å². The molecular weight excluding hydrogens is 416 g/mol. The molecule has 5 heterocycles. The summed E-state index contributed by atoms with van der Waals surface area (Å²) in [6, 6.07) is 3.33. The molecule has 0 aromatic carbocycles. The molecule has 2 saturated heterocycles. The molecule has 170 valence electrons. The van der Waals surface area contributed by atoms with Crippen molar-refractivity contribution in [3.05, 3.63) is 37.2 Å². The minimum Gasteiger partial charge on any atom is -0.369 e. The summed E-state index contributed by atoms with van der Waals surface area (Å²) >= 11 is 0. The highest BCUT2D eigenvalue weighted by molar-refractivity contribution is 6.76. The zero-order chi connectivity index (χ0) is 22.2. The zero-order valence-electron chi connectivity index (χ0n) is 19.5. The van der Waals surface area contributed by atoms with Crippen molar-refractivity contribution >= 4 is 24.8 Å². The van der Waals surface area contributed by atoms with Crippen molar-refractivity contribution in [2.45, 2.75) is 57.2 Å². The van der Waals surface area contributed by atoms with E-state index in [1.165, 1.54) is 30.3 Å². The van der Waals surface area contributed by atoms with E-state index in [4.69, 9.17) is 9.72 Å². The van der Waals surface area contributed by atoms with Crippen LogP contribution in [0, 0.1) is 0 Å². The molecule has 0 bridgehead atoms. The smallest absolute Gasteiger partial charge is 0.144 e. The van der Waals surface area contributed by atoms with Gasteiger partial charge in [0.2, 0.25) is 0 Å². The number of nitrogens with one attached hydrogen (secondary N) is 1. The fraction of sp³-hybridized carbons (Fsp3) is 0.542. The fourth-order valence-corrected chi connectivity index (χ4v) is 5.81. The summed E-state index contributed by atoms with van der Waals surface area (Å²) in [7, 11) is -1.12. The Balaban J connectivity index is 1.50.